The molecule has 0 saturated carbocycles. The van der Waals surface area contributed by atoms with Crippen LogP contribution in [0.3, 0.4) is 0 Å². The van der Waals surface area contributed by atoms with Gasteiger partial charge in [0.25, 0.3) is 5.69 Å². The number of nitrogens with zero attached hydrogens (tertiary/aromatic N) is 1. The van der Waals surface area contributed by atoms with E-state index in [-0.39, 0.29) is 17.3 Å². The molecule has 5 heteroatoms. The number of ketones is 2. The number of non-ortho nitro benzene ring substituents is 1. The van der Waals surface area contributed by atoms with Gasteiger partial charge >= 0.3 is 0 Å². The maximum Gasteiger partial charge on any atom is 0.269 e. The lowest BCUT2D eigenvalue weighted by Crippen LogP contribution is -2.30. The average molecular weight is 526 g/mol. The molecule has 0 aliphatic heterocycles. The van der Waals surface area contributed by atoms with Gasteiger partial charge in [-0.3, -0.25) is 19.7 Å². The third-order valence-electron chi connectivity index (χ3n) is 7.21. The zero-order valence-corrected chi connectivity index (χ0v) is 21.7. The van der Waals surface area contributed by atoms with E-state index in [0.717, 1.165) is 11.1 Å². The number of rotatable bonds is 10. The Morgan fingerprint density at radius 1 is 0.475 bits per heavy atom. The molecule has 0 aliphatic carbocycles. The number of hydrogen-bond acceptors (Lipinski definition) is 4. The number of nitro groups is 1. The molecule has 0 fully saturated rings. The van der Waals surface area contributed by atoms with E-state index in [1.54, 1.807) is 36.4 Å². The number of Topliss-reactive ketones (excluding diaryl/α,β-unsaturated/α-hetero) is 2. The molecule has 0 unspecified atom stereocenters. The molecule has 2 atom stereocenters. The SMILES string of the molecule is O=C(c1ccccc1)[C@H](c1ccccc1)C(c1ccc([N+](=O)[O-])cc1)[C@H](C(=O)c1ccccc1)c1ccccc1. The summed E-state index contributed by atoms with van der Waals surface area (Å²) in [5.41, 5.74) is 3.20. The Morgan fingerprint density at radius 2 is 0.825 bits per heavy atom. The minimum Gasteiger partial charge on any atom is -0.293 e. The topological polar surface area (TPSA) is 77.3 Å². The molecule has 0 aromatic heterocycles. The zero-order valence-electron chi connectivity index (χ0n) is 21.7. The zero-order chi connectivity index (χ0) is 27.9. The quantitative estimate of drug-likeness (QED) is 0.105. The lowest BCUT2D eigenvalue weighted by atomic mass is 9.67. The summed E-state index contributed by atoms with van der Waals surface area (Å²) in [5, 5.41) is 11.5. The van der Waals surface area contributed by atoms with Gasteiger partial charge in [0.1, 0.15) is 0 Å². The second-order valence-electron chi connectivity index (χ2n) is 9.61. The highest BCUT2D eigenvalue weighted by atomic mass is 16.6. The summed E-state index contributed by atoms with van der Waals surface area (Å²) in [6, 6.07) is 43.2. The fraction of sp³-hybridized carbons (Fsp3) is 0.0857. The molecule has 196 valence electrons. The summed E-state index contributed by atoms with van der Waals surface area (Å²) in [7, 11) is 0. The summed E-state index contributed by atoms with van der Waals surface area (Å²) in [6.45, 7) is 0. The average Bonchev–Trinajstić information content (AvgIpc) is 3.02. The first-order valence-corrected chi connectivity index (χ1v) is 13.1. The van der Waals surface area contributed by atoms with Gasteiger partial charge < -0.3 is 0 Å². The van der Waals surface area contributed by atoms with E-state index in [1.165, 1.54) is 12.1 Å². The van der Waals surface area contributed by atoms with Crippen LogP contribution in [0.4, 0.5) is 5.69 Å². The Balaban J connectivity index is 1.78. The third-order valence-corrected chi connectivity index (χ3v) is 7.21. The number of nitro benzene ring substituents is 1. The molecule has 0 saturated heterocycles. The standard InChI is InChI=1S/C35H27NO4/c37-34(28-17-9-3-10-18-28)32(25-13-5-1-6-14-25)31(27-21-23-30(24-22-27)36(39)40)33(26-15-7-2-8-16-26)35(38)29-19-11-4-12-20-29/h1-24,31-33H/t32-,33-/m1/s1. The normalized spacial score (nSPS) is 12.4. The second kappa shape index (κ2) is 12.1. The summed E-state index contributed by atoms with van der Waals surface area (Å²) in [5.74, 6) is -2.41. The Hall–Kier alpha value is -5.16. The summed E-state index contributed by atoms with van der Waals surface area (Å²) < 4.78 is 0. The van der Waals surface area contributed by atoms with E-state index in [2.05, 4.69) is 0 Å². The maximum absolute atomic E-state index is 14.4. The van der Waals surface area contributed by atoms with Crippen LogP contribution in [-0.4, -0.2) is 16.5 Å². The van der Waals surface area contributed by atoms with Crippen LogP contribution < -0.4 is 0 Å². The molecular formula is C35H27NO4. The first-order valence-electron chi connectivity index (χ1n) is 13.1. The molecule has 5 aromatic rings. The summed E-state index contributed by atoms with van der Waals surface area (Å²) >= 11 is 0. The predicted octanol–water partition coefficient (Wildman–Crippen LogP) is 8.01. The van der Waals surface area contributed by atoms with Crippen LogP contribution >= 0.6 is 0 Å². The van der Waals surface area contributed by atoms with Crippen LogP contribution in [0.25, 0.3) is 0 Å². The van der Waals surface area contributed by atoms with Crippen LogP contribution in [0.1, 0.15) is 55.2 Å². The van der Waals surface area contributed by atoms with E-state index in [9.17, 15) is 19.7 Å². The first kappa shape index (κ1) is 26.4. The van der Waals surface area contributed by atoms with Gasteiger partial charge in [-0.2, -0.15) is 0 Å². The van der Waals surface area contributed by atoms with Crippen molar-refractivity contribution in [2.75, 3.05) is 0 Å². The van der Waals surface area contributed by atoms with Crippen LogP contribution in [-0.2, 0) is 0 Å². The first-order chi connectivity index (χ1) is 19.5. The Labute approximate surface area is 232 Å². The van der Waals surface area contributed by atoms with Gasteiger partial charge in [0.2, 0.25) is 0 Å². The molecule has 5 nitrogen and oxygen atoms in total. The lowest BCUT2D eigenvalue weighted by Gasteiger charge is -2.34. The van der Waals surface area contributed by atoms with Crippen molar-refractivity contribution in [1.29, 1.82) is 0 Å². The predicted molar refractivity (Wildman–Crippen MR) is 156 cm³/mol. The van der Waals surface area contributed by atoms with Crippen molar-refractivity contribution in [3.8, 4) is 0 Å². The van der Waals surface area contributed by atoms with Gasteiger partial charge in [-0.15, -0.1) is 0 Å². The lowest BCUT2D eigenvalue weighted by molar-refractivity contribution is -0.384. The van der Waals surface area contributed by atoms with Crippen molar-refractivity contribution in [2.24, 2.45) is 0 Å². The van der Waals surface area contributed by atoms with Crippen LogP contribution in [0, 0.1) is 10.1 Å². The fourth-order valence-electron chi connectivity index (χ4n) is 5.32. The molecule has 5 rings (SSSR count). The van der Waals surface area contributed by atoms with E-state index >= 15 is 0 Å². The van der Waals surface area contributed by atoms with Crippen LogP contribution in [0.5, 0.6) is 0 Å². The van der Waals surface area contributed by atoms with Crippen molar-refractivity contribution in [3.05, 3.63) is 184 Å². The Morgan fingerprint density at radius 3 is 1.18 bits per heavy atom. The maximum atomic E-state index is 14.4. The van der Waals surface area contributed by atoms with E-state index < -0.39 is 22.7 Å². The molecule has 40 heavy (non-hydrogen) atoms. The van der Waals surface area contributed by atoms with Gasteiger partial charge in [0.15, 0.2) is 11.6 Å². The highest BCUT2D eigenvalue weighted by Gasteiger charge is 2.41. The van der Waals surface area contributed by atoms with E-state index in [1.807, 2.05) is 97.1 Å². The molecular weight excluding hydrogens is 498 g/mol. The number of benzene rings is 5. The Kier molecular flexibility index (Phi) is 8.02. The summed E-state index contributed by atoms with van der Waals surface area (Å²) in [4.78, 5) is 39.8. The smallest absolute Gasteiger partial charge is 0.269 e. The van der Waals surface area contributed by atoms with E-state index in [0.29, 0.717) is 16.7 Å². The van der Waals surface area contributed by atoms with Crippen LogP contribution in [0.15, 0.2) is 146 Å². The molecule has 0 aliphatic rings. The van der Waals surface area contributed by atoms with Crippen molar-refractivity contribution in [2.45, 2.75) is 17.8 Å². The van der Waals surface area contributed by atoms with Crippen molar-refractivity contribution in [1.82, 2.24) is 0 Å². The number of hydrogen-bond donors (Lipinski definition) is 0. The molecule has 0 heterocycles. The molecule has 0 radical (unpaired) electrons. The molecule has 0 bridgehead atoms. The molecule has 0 amide bonds. The second-order valence-corrected chi connectivity index (χ2v) is 9.61. The summed E-state index contributed by atoms with van der Waals surface area (Å²) in [6.07, 6.45) is 0. The highest BCUT2D eigenvalue weighted by molar-refractivity contribution is 6.05. The monoisotopic (exact) mass is 525 g/mol. The van der Waals surface area contributed by atoms with E-state index in [4.69, 9.17) is 0 Å². The van der Waals surface area contributed by atoms with Crippen LogP contribution in [0.2, 0.25) is 0 Å². The molecule has 0 N–H and O–H groups in total. The van der Waals surface area contributed by atoms with Crippen molar-refractivity contribution >= 4 is 17.3 Å². The van der Waals surface area contributed by atoms with Gasteiger partial charge in [0, 0.05) is 29.2 Å². The third kappa shape index (κ3) is 5.64. The minimum absolute atomic E-state index is 0.0567. The fourth-order valence-corrected chi connectivity index (χ4v) is 5.32. The molecule has 0 spiro atoms. The number of carbonyl (C=O) groups excluding carboxylic acids is 2. The highest BCUT2D eigenvalue weighted by Crippen LogP contribution is 2.47. The number of carbonyl (C=O) groups is 2. The molecule has 5 aromatic carbocycles. The van der Waals surface area contributed by atoms with Crippen molar-refractivity contribution < 1.29 is 14.5 Å². The minimum atomic E-state index is -0.747. The van der Waals surface area contributed by atoms with Crippen molar-refractivity contribution in [3.63, 3.8) is 0 Å². The largest absolute Gasteiger partial charge is 0.293 e. The van der Waals surface area contributed by atoms with Gasteiger partial charge in [0.05, 0.1) is 16.8 Å². The van der Waals surface area contributed by atoms with Gasteiger partial charge in [-0.05, 0) is 16.7 Å². The van der Waals surface area contributed by atoms with Gasteiger partial charge in [-0.25, -0.2) is 0 Å². The van der Waals surface area contributed by atoms with Gasteiger partial charge in [-0.1, -0.05) is 133 Å². The Bertz CT molecular complexity index is 1490.